The van der Waals surface area contributed by atoms with Gasteiger partial charge in [0.15, 0.2) is 5.76 Å². The summed E-state index contributed by atoms with van der Waals surface area (Å²) in [5, 5.41) is 16.2. The highest BCUT2D eigenvalue weighted by molar-refractivity contribution is 6.05. The van der Waals surface area contributed by atoms with E-state index in [0.717, 1.165) is 0 Å². The summed E-state index contributed by atoms with van der Waals surface area (Å²) in [5.74, 6) is -2.67. The summed E-state index contributed by atoms with van der Waals surface area (Å²) < 4.78 is 5.02. The van der Waals surface area contributed by atoms with E-state index in [-0.39, 0.29) is 23.8 Å². The van der Waals surface area contributed by atoms with E-state index in [4.69, 9.17) is 4.42 Å². The van der Waals surface area contributed by atoms with Gasteiger partial charge >= 0.3 is 0 Å². The molecule has 0 saturated heterocycles. The van der Waals surface area contributed by atoms with Crippen LogP contribution in [0.5, 0.6) is 0 Å². The molecule has 1 atom stereocenters. The maximum atomic E-state index is 12.6. The molecule has 2 rings (SSSR count). The van der Waals surface area contributed by atoms with E-state index >= 15 is 0 Å². The first-order chi connectivity index (χ1) is 12.9. The lowest BCUT2D eigenvalue weighted by Crippen LogP contribution is -2.50. The van der Waals surface area contributed by atoms with Crippen LogP contribution in [0.25, 0.3) is 6.08 Å². The van der Waals surface area contributed by atoms with Crippen LogP contribution >= 0.6 is 0 Å². The lowest BCUT2D eigenvalue weighted by atomic mass is 10.0. The van der Waals surface area contributed by atoms with Crippen LogP contribution in [-0.2, 0) is 9.59 Å². The van der Waals surface area contributed by atoms with Gasteiger partial charge in [0.25, 0.3) is 11.8 Å². The van der Waals surface area contributed by atoms with E-state index in [0.29, 0.717) is 5.56 Å². The molecule has 0 aliphatic heterocycles. The van der Waals surface area contributed by atoms with Crippen LogP contribution in [0.1, 0.15) is 36.4 Å². The summed E-state index contributed by atoms with van der Waals surface area (Å²) in [4.78, 5) is 36.2. The van der Waals surface area contributed by atoms with Crippen LogP contribution in [0.4, 0.5) is 0 Å². The average molecular weight is 369 g/mol. The fourth-order valence-corrected chi connectivity index (χ4v) is 2.39. The molecule has 7 nitrogen and oxygen atoms in total. The molecule has 2 N–H and O–H groups in total. The van der Waals surface area contributed by atoms with E-state index in [1.54, 1.807) is 30.3 Å². The van der Waals surface area contributed by atoms with Gasteiger partial charge in [-0.05, 0) is 36.1 Å². The molecule has 0 aliphatic carbocycles. The van der Waals surface area contributed by atoms with Crippen LogP contribution < -0.4 is 15.7 Å². The molecule has 1 heterocycles. The maximum Gasteiger partial charge on any atom is 0.291 e. The number of benzene rings is 1. The van der Waals surface area contributed by atoms with Crippen molar-refractivity contribution in [1.82, 2.24) is 10.6 Å². The Bertz CT molecular complexity index is 810. The van der Waals surface area contributed by atoms with Crippen molar-refractivity contribution in [3.8, 4) is 0 Å². The Morgan fingerprint density at radius 1 is 1.11 bits per heavy atom. The summed E-state index contributed by atoms with van der Waals surface area (Å²) in [6.45, 7) is 3.67. The minimum absolute atomic E-state index is 0.0281. The summed E-state index contributed by atoms with van der Waals surface area (Å²) in [6.07, 6.45) is 3.00. The van der Waals surface area contributed by atoms with Crippen molar-refractivity contribution < 1.29 is 23.9 Å². The van der Waals surface area contributed by atoms with Gasteiger partial charge in [0.2, 0.25) is 0 Å². The van der Waals surface area contributed by atoms with Crippen LogP contribution in [0.3, 0.4) is 0 Å². The summed E-state index contributed by atoms with van der Waals surface area (Å²) >= 11 is 0. The Morgan fingerprint density at radius 3 is 2.37 bits per heavy atom. The number of carboxylic acids is 1. The molecule has 0 fully saturated rings. The Kier molecular flexibility index (Phi) is 6.93. The predicted molar refractivity (Wildman–Crippen MR) is 97.0 cm³/mol. The molecular formula is C20H21N2O5-. The molecule has 1 aromatic carbocycles. The molecule has 0 spiro atoms. The zero-order chi connectivity index (χ0) is 19.8. The topological polar surface area (TPSA) is 111 Å². The van der Waals surface area contributed by atoms with Gasteiger partial charge in [-0.15, -0.1) is 0 Å². The number of carbonyl (C=O) groups is 3. The molecule has 142 valence electrons. The molecule has 7 heteroatoms. The highest BCUT2D eigenvalue weighted by atomic mass is 16.4. The number of carboxylic acid groups (broad SMARTS) is 1. The van der Waals surface area contributed by atoms with Crippen molar-refractivity contribution >= 4 is 23.9 Å². The molecule has 0 aliphatic rings. The molecule has 1 aromatic heterocycles. The number of rotatable bonds is 8. The van der Waals surface area contributed by atoms with Gasteiger partial charge in [0.05, 0.1) is 18.3 Å². The number of carbonyl (C=O) groups excluding carboxylic acids is 3. The second-order valence-electron chi connectivity index (χ2n) is 6.37. The van der Waals surface area contributed by atoms with Gasteiger partial charge < -0.3 is 25.0 Å². The molecule has 0 radical (unpaired) electrons. The summed E-state index contributed by atoms with van der Waals surface area (Å²) in [7, 11) is 0. The fourth-order valence-electron chi connectivity index (χ4n) is 2.39. The van der Waals surface area contributed by atoms with Crippen molar-refractivity contribution in [1.29, 1.82) is 0 Å². The number of aliphatic carboxylic acids is 1. The molecule has 2 aromatic rings. The lowest BCUT2D eigenvalue weighted by Gasteiger charge is -2.22. The Morgan fingerprint density at radius 2 is 1.81 bits per heavy atom. The van der Waals surface area contributed by atoms with Gasteiger partial charge in [-0.25, -0.2) is 0 Å². The first-order valence-corrected chi connectivity index (χ1v) is 8.50. The SMILES string of the molecule is CC(C)C[C@H](NC(=O)/C(=C/c1ccccc1)NC(=O)c1ccco1)C(=O)[O-]. The fraction of sp³-hybridized carbons (Fsp3) is 0.250. The zero-order valence-electron chi connectivity index (χ0n) is 15.1. The molecular weight excluding hydrogens is 348 g/mol. The third-order valence-corrected chi connectivity index (χ3v) is 3.65. The summed E-state index contributed by atoms with van der Waals surface area (Å²) in [6, 6.07) is 10.7. The van der Waals surface area contributed by atoms with Crippen LogP contribution in [0.2, 0.25) is 0 Å². The summed E-state index contributed by atoms with van der Waals surface area (Å²) in [5.41, 5.74) is 0.564. The largest absolute Gasteiger partial charge is 0.548 e. The Balaban J connectivity index is 2.25. The van der Waals surface area contributed by atoms with Crippen molar-refractivity contribution in [2.24, 2.45) is 5.92 Å². The van der Waals surface area contributed by atoms with E-state index in [1.807, 2.05) is 19.9 Å². The highest BCUT2D eigenvalue weighted by Crippen LogP contribution is 2.09. The number of furan rings is 1. The third kappa shape index (κ3) is 6.14. The van der Waals surface area contributed by atoms with E-state index in [1.165, 1.54) is 18.4 Å². The van der Waals surface area contributed by atoms with Crippen molar-refractivity contribution in [2.75, 3.05) is 0 Å². The van der Waals surface area contributed by atoms with Crippen LogP contribution in [-0.4, -0.2) is 23.8 Å². The predicted octanol–water partition coefficient (Wildman–Crippen LogP) is 1.33. The van der Waals surface area contributed by atoms with E-state index < -0.39 is 23.8 Å². The molecule has 2 amide bonds. The van der Waals surface area contributed by atoms with Crippen molar-refractivity contribution in [3.63, 3.8) is 0 Å². The molecule has 27 heavy (non-hydrogen) atoms. The van der Waals surface area contributed by atoms with Crippen molar-refractivity contribution in [2.45, 2.75) is 26.3 Å². The van der Waals surface area contributed by atoms with Gasteiger partial charge in [-0.3, -0.25) is 9.59 Å². The number of nitrogens with one attached hydrogen (secondary N) is 2. The van der Waals surface area contributed by atoms with Crippen LogP contribution in [0.15, 0.2) is 58.8 Å². The Hall–Kier alpha value is -3.35. The number of amides is 2. The van der Waals surface area contributed by atoms with Gasteiger partial charge in [-0.2, -0.15) is 0 Å². The monoisotopic (exact) mass is 369 g/mol. The second-order valence-corrected chi connectivity index (χ2v) is 6.37. The first kappa shape index (κ1) is 20.0. The number of hydrogen-bond acceptors (Lipinski definition) is 5. The standard InChI is InChI=1S/C20H22N2O5/c1-13(2)11-16(20(25)26)22-18(23)15(12-14-7-4-3-5-8-14)21-19(24)17-9-6-10-27-17/h3-10,12-13,16H,11H2,1-2H3,(H,21,24)(H,22,23)(H,25,26)/p-1/b15-12-/t16-/m0/s1. The molecule has 0 unspecified atom stereocenters. The third-order valence-electron chi connectivity index (χ3n) is 3.65. The highest BCUT2D eigenvalue weighted by Gasteiger charge is 2.20. The van der Waals surface area contributed by atoms with Gasteiger partial charge in [-0.1, -0.05) is 44.2 Å². The normalized spacial score (nSPS) is 12.5. The van der Waals surface area contributed by atoms with Gasteiger partial charge in [0, 0.05) is 0 Å². The van der Waals surface area contributed by atoms with Crippen molar-refractivity contribution in [3.05, 3.63) is 65.7 Å². The van der Waals surface area contributed by atoms with Crippen LogP contribution in [0, 0.1) is 5.92 Å². The van der Waals surface area contributed by atoms with E-state index in [9.17, 15) is 19.5 Å². The quantitative estimate of drug-likeness (QED) is 0.682. The minimum atomic E-state index is -1.38. The van der Waals surface area contributed by atoms with E-state index in [2.05, 4.69) is 10.6 Å². The minimum Gasteiger partial charge on any atom is -0.548 e. The maximum absolute atomic E-state index is 12.6. The number of hydrogen-bond donors (Lipinski definition) is 2. The molecule has 0 saturated carbocycles. The zero-order valence-corrected chi connectivity index (χ0v) is 15.1. The lowest BCUT2D eigenvalue weighted by molar-refractivity contribution is -0.308. The van der Waals surface area contributed by atoms with Gasteiger partial charge in [0.1, 0.15) is 5.70 Å². The second kappa shape index (κ2) is 9.38. The average Bonchev–Trinajstić information content (AvgIpc) is 3.15. The first-order valence-electron chi connectivity index (χ1n) is 8.50. The molecule has 0 bridgehead atoms. The Labute approximate surface area is 157 Å². The smallest absolute Gasteiger partial charge is 0.291 e.